The summed E-state index contributed by atoms with van der Waals surface area (Å²) in [5, 5.41) is 17.5. The number of ether oxygens (including phenoxy) is 1. The van der Waals surface area contributed by atoms with E-state index in [-0.39, 0.29) is 4.90 Å². The lowest BCUT2D eigenvalue weighted by Gasteiger charge is -2.10. The lowest BCUT2D eigenvalue weighted by Crippen LogP contribution is -2.36. The van der Waals surface area contributed by atoms with Crippen molar-refractivity contribution in [3.63, 3.8) is 0 Å². The van der Waals surface area contributed by atoms with E-state index in [0.29, 0.717) is 11.3 Å². The van der Waals surface area contributed by atoms with Gasteiger partial charge in [-0.15, -0.1) is 0 Å². The molecule has 8 heteroatoms. The zero-order valence-electron chi connectivity index (χ0n) is 10.5. The minimum absolute atomic E-state index is 0.0246. The summed E-state index contributed by atoms with van der Waals surface area (Å²) in [5.41, 5.74) is 0.629. The molecule has 1 rings (SSSR count). The Hall–Kier alpha value is -1.64. The van der Waals surface area contributed by atoms with Crippen molar-refractivity contribution in [2.45, 2.75) is 17.9 Å². The molecule has 3 N–H and O–H groups in total. The van der Waals surface area contributed by atoms with Crippen molar-refractivity contribution in [2.75, 3.05) is 13.7 Å². The van der Waals surface area contributed by atoms with Gasteiger partial charge in [0.25, 0.3) is 0 Å². The Labute approximate surface area is 110 Å². The number of rotatable bonds is 6. The Morgan fingerprint density at radius 3 is 2.58 bits per heavy atom. The van der Waals surface area contributed by atoms with Crippen LogP contribution in [0.2, 0.25) is 0 Å². The number of hydrogen-bond donors (Lipinski definition) is 3. The highest BCUT2D eigenvalue weighted by atomic mass is 32.2. The quantitative estimate of drug-likeness (QED) is 0.664. The van der Waals surface area contributed by atoms with E-state index in [4.69, 9.17) is 14.9 Å². The molecule has 19 heavy (non-hydrogen) atoms. The molecule has 0 radical (unpaired) electrons. The first-order chi connectivity index (χ1) is 8.77. The van der Waals surface area contributed by atoms with E-state index in [1.807, 2.05) is 4.72 Å². The van der Waals surface area contributed by atoms with E-state index in [1.54, 1.807) is 6.92 Å². The van der Waals surface area contributed by atoms with Gasteiger partial charge >= 0.3 is 5.97 Å². The number of carboxylic acids is 1. The first kappa shape index (κ1) is 15.4. The van der Waals surface area contributed by atoms with Crippen molar-refractivity contribution < 1.29 is 28.2 Å². The normalized spacial score (nSPS) is 13.0. The zero-order valence-corrected chi connectivity index (χ0v) is 11.3. The van der Waals surface area contributed by atoms with Crippen molar-refractivity contribution >= 4 is 16.0 Å². The molecule has 0 aromatic heterocycles. The molecule has 1 atom stereocenters. The van der Waals surface area contributed by atoms with Crippen LogP contribution in [-0.4, -0.2) is 44.4 Å². The largest absolute Gasteiger partial charge is 0.496 e. The molecule has 0 fully saturated rings. The number of methoxy groups -OCH3 is 1. The van der Waals surface area contributed by atoms with Gasteiger partial charge in [-0.2, -0.15) is 0 Å². The van der Waals surface area contributed by atoms with E-state index < -0.39 is 28.6 Å². The highest BCUT2D eigenvalue weighted by molar-refractivity contribution is 7.89. The monoisotopic (exact) mass is 289 g/mol. The van der Waals surface area contributed by atoms with Crippen LogP contribution in [0.15, 0.2) is 23.1 Å². The third-order valence-corrected chi connectivity index (χ3v) is 3.85. The van der Waals surface area contributed by atoms with Crippen LogP contribution in [0.5, 0.6) is 5.75 Å². The van der Waals surface area contributed by atoms with Gasteiger partial charge in [-0.25, -0.2) is 17.9 Å². The molecule has 7 nitrogen and oxygen atoms in total. The molecule has 1 unspecified atom stereocenters. The molecule has 0 spiro atoms. The smallest absolute Gasteiger partial charge is 0.333 e. The minimum Gasteiger partial charge on any atom is -0.496 e. The summed E-state index contributed by atoms with van der Waals surface area (Å²) in [6, 6.07) is 4.23. The van der Waals surface area contributed by atoms with Gasteiger partial charge in [-0.05, 0) is 30.7 Å². The van der Waals surface area contributed by atoms with Crippen molar-refractivity contribution in [2.24, 2.45) is 0 Å². The van der Waals surface area contributed by atoms with Crippen LogP contribution >= 0.6 is 0 Å². The van der Waals surface area contributed by atoms with Crippen LogP contribution in [0, 0.1) is 6.92 Å². The van der Waals surface area contributed by atoms with Gasteiger partial charge in [0, 0.05) is 6.54 Å². The summed E-state index contributed by atoms with van der Waals surface area (Å²) in [7, 11) is -2.40. The molecular formula is C11H15NO6S. The number of hydrogen-bond acceptors (Lipinski definition) is 5. The highest BCUT2D eigenvalue weighted by Gasteiger charge is 2.20. The number of aliphatic hydroxyl groups is 1. The van der Waals surface area contributed by atoms with Crippen LogP contribution in [0.4, 0.5) is 0 Å². The van der Waals surface area contributed by atoms with Crippen molar-refractivity contribution in [1.29, 1.82) is 0 Å². The molecule has 0 heterocycles. The fourth-order valence-electron chi connectivity index (χ4n) is 1.38. The Morgan fingerprint density at radius 2 is 2.11 bits per heavy atom. The number of nitrogens with one attached hydrogen (secondary N) is 1. The van der Waals surface area contributed by atoms with E-state index in [0.717, 1.165) is 0 Å². The van der Waals surface area contributed by atoms with E-state index in [1.165, 1.54) is 25.3 Å². The summed E-state index contributed by atoms with van der Waals surface area (Å²) < 4.78 is 30.7. The Morgan fingerprint density at radius 1 is 1.47 bits per heavy atom. The fraction of sp³-hybridized carbons (Fsp3) is 0.364. The van der Waals surface area contributed by atoms with Crippen molar-refractivity contribution in [3.05, 3.63) is 23.8 Å². The van der Waals surface area contributed by atoms with Gasteiger partial charge in [0.15, 0.2) is 6.10 Å². The fourth-order valence-corrected chi connectivity index (χ4v) is 2.50. The SMILES string of the molecule is COc1ccc(S(=O)(=O)NCC(O)C(=O)O)cc1C. The zero-order chi connectivity index (χ0) is 14.6. The number of aliphatic hydroxyl groups excluding tert-OH is 1. The molecule has 106 valence electrons. The van der Waals surface area contributed by atoms with Crippen LogP contribution < -0.4 is 9.46 Å². The molecule has 1 aromatic rings. The summed E-state index contributed by atoms with van der Waals surface area (Å²) in [5.74, 6) is -0.946. The number of carboxylic acid groups (broad SMARTS) is 1. The number of aliphatic carboxylic acids is 1. The lowest BCUT2D eigenvalue weighted by molar-refractivity contribution is -0.146. The van der Waals surface area contributed by atoms with E-state index >= 15 is 0 Å². The first-order valence-electron chi connectivity index (χ1n) is 5.33. The van der Waals surface area contributed by atoms with Gasteiger partial charge in [0.1, 0.15) is 5.75 Å². The molecule has 0 aliphatic rings. The molecule has 0 amide bonds. The molecule has 0 saturated heterocycles. The topological polar surface area (TPSA) is 113 Å². The molecule has 0 aliphatic carbocycles. The Bertz CT molecular complexity index is 569. The Balaban J connectivity index is 2.89. The van der Waals surface area contributed by atoms with E-state index in [2.05, 4.69) is 0 Å². The maximum Gasteiger partial charge on any atom is 0.333 e. The van der Waals surface area contributed by atoms with Gasteiger partial charge in [-0.1, -0.05) is 0 Å². The van der Waals surface area contributed by atoms with Gasteiger partial charge < -0.3 is 14.9 Å². The maximum absolute atomic E-state index is 11.9. The number of sulfonamides is 1. The predicted octanol–water partition coefficient (Wildman–Crippen LogP) is -0.273. The molecule has 1 aromatic carbocycles. The standard InChI is InChI=1S/C11H15NO6S/c1-7-5-8(3-4-10(7)18-2)19(16,17)12-6-9(13)11(14)15/h3-5,9,12-13H,6H2,1-2H3,(H,14,15). The Kier molecular flexibility index (Phi) is 4.87. The molecule has 0 saturated carbocycles. The summed E-state index contributed by atoms with van der Waals surface area (Å²) in [4.78, 5) is 10.4. The van der Waals surface area contributed by atoms with Crippen LogP contribution in [0.3, 0.4) is 0 Å². The predicted molar refractivity (Wildman–Crippen MR) is 66.6 cm³/mol. The van der Waals surface area contributed by atoms with Crippen LogP contribution in [0.1, 0.15) is 5.56 Å². The van der Waals surface area contributed by atoms with Gasteiger partial charge in [-0.3, -0.25) is 0 Å². The number of aryl methyl sites for hydroxylation is 1. The molecule has 0 aliphatic heterocycles. The summed E-state index contributed by atoms with van der Waals surface area (Å²) >= 11 is 0. The van der Waals surface area contributed by atoms with Gasteiger partial charge in [0.2, 0.25) is 10.0 Å². The summed E-state index contributed by atoms with van der Waals surface area (Å²) in [6.45, 7) is 1.09. The number of carbonyl (C=O) groups is 1. The van der Waals surface area contributed by atoms with Crippen LogP contribution in [-0.2, 0) is 14.8 Å². The highest BCUT2D eigenvalue weighted by Crippen LogP contribution is 2.21. The maximum atomic E-state index is 11.9. The van der Waals surface area contributed by atoms with Crippen LogP contribution in [0.25, 0.3) is 0 Å². The van der Waals surface area contributed by atoms with Gasteiger partial charge in [0.05, 0.1) is 12.0 Å². The molecular weight excluding hydrogens is 274 g/mol. The molecule has 0 bridgehead atoms. The second-order valence-electron chi connectivity index (χ2n) is 3.84. The van der Waals surface area contributed by atoms with E-state index in [9.17, 15) is 13.2 Å². The van der Waals surface area contributed by atoms with Crippen molar-refractivity contribution in [1.82, 2.24) is 4.72 Å². The third-order valence-electron chi connectivity index (χ3n) is 2.43. The average Bonchev–Trinajstić information content (AvgIpc) is 2.35. The second kappa shape index (κ2) is 6.00. The second-order valence-corrected chi connectivity index (χ2v) is 5.60. The first-order valence-corrected chi connectivity index (χ1v) is 6.81. The lowest BCUT2D eigenvalue weighted by atomic mass is 10.2. The van der Waals surface area contributed by atoms with Crippen molar-refractivity contribution in [3.8, 4) is 5.75 Å². The number of benzene rings is 1. The average molecular weight is 289 g/mol. The summed E-state index contributed by atoms with van der Waals surface area (Å²) in [6.07, 6.45) is -1.78. The third kappa shape index (κ3) is 3.91. The minimum atomic E-state index is -3.87.